The molecule has 12 heavy (non-hydrogen) atoms. The molecule has 0 unspecified atom stereocenters. The van der Waals surface area contributed by atoms with Crippen molar-refractivity contribution in [2.24, 2.45) is 0 Å². The van der Waals surface area contributed by atoms with Crippen LogP contribution in [0.25, 0.3) is 0 Å². The van der Waals surface area contributed by atoms with Crippen molar-refractivity contribution in [1.82, 2.24) is 0 Å². The van der Waals surface area contributed by atoms with Gasteiger partial charge in [0.1, 0.15) is 4.90 Å². The molecule has 1 aromatic rings. The summed E-state index contributed by atoms with van der Waals surface area (Å²) in [6.45, 7) is 0. The summed E-state index contributed by atoms with van der Waals surface area (Å²) in [6.07, 6.45) is 0. The number of hydrogen-bond acceptors (Lipinski definition) is 3. The van der Waals surface area contributed by atoms with Crippen molar-refractivity contribution in [3.8, 4) is 0 Å². The van der Waals surface area contributed by atoms with Gasteiger partial charge in [0, 0.05) is 14.3 Å². The third-order valence-corrected chi connectivity index (χ3v) is 3.60. The molecule has 0 bridgehead atoms. The first-order valence-electron chi connectivity index (χ1n) is 2.91. The van der Waals surface area contributed by atoms with Crippen molar-refractivity contribution < 1.29 is 8.42 Å². The second kappa shape index (κ2) is 3.39. The molecular weight excluding hydrogens is 312 g/mol. The van der Waals surface area contributed by atoms with E-state index in [1.54, 1.807) is 12.1 Å². The summed E-state index contributed by atoms with van der Waals surface area (Å²) in [7, 11) is 1.41. The molecule has 0 amide bonds. The van der Waals surface area contributed by atoms with Gasteiger partial charge in [-0.3, -0.25) is 0 Å². The zero-order valence-electron chi connectivity index (χ0n) is 5.79. The highest BCUT2D eigenvalue weighted by molar-refractivity contribution is 14.1. The molecular formula is C6H5ClINO2S. The molecule has 0 saturated heterocycles. The fraction of sp³-hybridized carbons (Fsp3) is 0. The highest BCUT2D eigenvalue weighted by Crippen LogP contribution is 2.25. The first-order valence-corrected chi connectivity index (χ1v) is 6.30. The first kappa shape index (κ1) is 10.1. The molecule has 0 aromatic heterocycles. The summed E-state index contributed by atoms with van der Waals surface area (Å²) in [5.74, 6) is 0. The first-order chi connectivity index (χ1) is 5.43. The predicted octanol–water partition coefficient (Wildman–Crippen LogP) is 1.80. The normalized spacial score (nSPS) is 11.5. The molecule has 0 spiro atoms. The van der Waals surface area contributed by atoms with Gasteiger partial charge < -0.3 is 5.73 Å². The summed E-state index contributed by atoms with van der Waals surface area (Å²) in [5, 5.41) is 0. The van der Waals surface area contributed by atoms with Gasteiger partial charge in [0.15, 0.2) is 0 Å². The third-order valence-electron chi connectivity index (χ3n) is 1.28. The van der Waals surface area contributed by atoms with Crippen LogP contribution in [0.3, 0.4) is 0 Å². The number of rotatable bonds is 1. The lowest BCUT2D eigenvalue weighted by Crippen LogP contribution is -1.99. The van der Waals surface area contributed by atoms with Crippen LogP contribution in [0.2, 0.25) is 0 Å². The average molecular weight is 318 g/mol. The molecule has 0 aliphatic rings. The van der Waals surface area contributed by atoms with Crippen LogP contribution in [0.4, 0.5) is 5.69 Å². The molecule has 3 nitrogen and oxygen atoms in total. The molecule has 0 saturated carbocycles. The molecule has 0 fully saturated rings. The van der Waals surface area contributed by atoms with Crippen molar-refractivity contribution in [1.29, 1.82) is 0 Å². The molecule has 6 heteroatoms. The molecule has 0 aliphatic carbocycles. The minimum Gasteiger partial charge on any atom is -0.397 e. The Morgan fingerprint density at radius 2 is 2.00 bits per heavy atom. The zero-order valence-corrected chi connectivity index (χ0v) is 9.52. The Bertz CT molecular complexity index is 404. The molecule has 66 valence electrons. The van der Waals surface area contributed by atoms with Gasteiger partial charge in [0.2, 0.25) is 0 Å². The van der Waals surface area contributed by atoms with E-state index in [0.29, 0.717) is 3.57 Å². The SMILES string of the molecule is Nc1c(I)cccc1S(=O)(=O)Cl. The number of nitrogen functional groups attached to an aromatic ring is 1. The highest BCUT2D eigenvalue weighted by Gasteiger charge is 2.14. The van der Waals surface area contributed by atoms with Crippen LogP contribution in [-0.4, -0.2) is 8.42 Å². The van der Waals surface area contributed by atoms with Crippen molar-refractivity contribution >= 4 is 48.0 Å². The van der Waals surface area contributed by atoms with E-state index in [1.807, 2.05) is 22.6 Å². The van der Waals surface area contributed by atoms with Gasteiger partial charge in [-0.05, 0) is 34.7 Å². The van der Waals surface area contributed by atoms with Crippen molar-refractivity contribution in [2.45, 2.75) is 4.90 Å². The highest BCUT2D eigenvalue weighted by atomic mass is 127. The Morgan fingerprint density at radius 3 is 2.42 bits per heavy atom. The number of para-hydroxylation sites is 1. The summed E-state index contributed by atoms with van der Waals surface area (Å²) < 4.78 is 22.5. The van der Waals surface area contributed by atoms with Crippen LogP contribution in [0.1, 0.15) is 0 Å². The fourth-order valence-corrected chi connectivity index (χ4v) is 2.43. The molecule has 1 rings (SSSR count). The van der Waals surface area contributed by atoms with E-state index in [2.05, 4.69) is 0 Å². The summed E-state index contributed by atoms with van der Waals surface area (Å²) in [4.78, 5) is -0.0314. The van der Waals surface area contributed by atoms with Crippen molar-refractivity contribution in [3.05, 3.63) is 21.8 Å². The smallest absolute Gasteiger partial charge is 0.263 e. The van der Waals surface area contributed by atoms with Crippen LogP contribution in [0.5, 0.6) is 0 Å². The quantitative estimate of drug-likeness (QED) is 0.488. The van der Waals surface area contributed by atoms with E-state index >= 15 is 0 Å². The standard InChI is InChI=1S/C6H5ClINO2S/c7-12(10,11)5-3-1-2-4(8)6(5)9/h1-3H,9H2. The third kappa shape index (κ3) is 2.02. The summed E-state index contributed by atoms with van der Waals surface area (Å²) in [6, 6.07) is 4.68. The van der Waals surface area contributed by atoms with Gasteiger partial charge >= 0.3 is 0 Å². The van der Waals surface area contributed by atoms with E-state index in [4.69, 9.17) is 16.4 Å². The second-order valence-corrected chi connectivity index (χ2v) is 5.79. The Balaban J connectivity index is 3.47. The Morgan fingerprint density at radius 1 is 1.42 bits per heavy atom. The summed E-state index contributed by atoms with van der Waals surface area (Å²) in [5.41, 5.74) is 5.70. The largest absolute Gasteiger partial charge is 0.397 e. The van der Waals surface area contributed by atoms with Crippen molar-refractivity contribution in [2.75, 3.05) is 5.73 Å². The van der Waals surface area contributed by atoms with E-state index in [9.17, 15) is 8.42 Å². The predicted molar refractivity (Wildman–Crippen MR) is 56.6 cm³/mol. The number of anilines is 1. The Hall–Kier alpha value is -0.0100. The molecule has 0 aliphatic heterocycles. The number of nitrogens with two attached hydrogens (primary N) is 1. The Kier molecular flexibility index (Phi) is 2.84. The van der Waals surface area contributed by atoms with Crippen LogP contribution in [-0.2, 0) is 9.05 Å². The van der Waals surface area contributed by atoms with E-state index in [-0.39, 0.29) is 10.6 Å². The van der Waals surface area contributed by atoms with Gasteiger partial charge in [-0.25, -0.2) is 8.42 Å². The fourth-order valence-electron chi connectivity index (χ4n) is 0.730. The van der Waals surface area contributed by atoms with Gasteiger partial charge in [0.25, 0.3) is 9.05 Å². The molecule has 0 radical (unpaired) electrons. The second-order valence-electron chi connectivity index (χ2n) is 2.09. The van der Waals surface area contributed by atoms with E-state index in [1.165, 1.54) is 6.07 Å². The minimum absolute atomic E-state index is 0.0314. The average Bonchev–Trinajstić information content (AvgIpc) is 1.92. The molecule has 1 aromatic carbocycles. The van der Waals surface area contributed by atoms with Gasteiger partial charge in [0.05, 0.1) is 5.69 Å². The maximum atomic E-state index is 10.9. The number of benzene rings is 1. The van der Waals surface area contributed by atoms with E-state index < -0.39 is 9.05 Å². The zero-order chi connectivity index (χ0) is 9.35. The molecule has 0 atom stereocenters. The van der Waals surface area contributed by atoms with E-state index in [0.717, 1.165) is 0 Å². The topological polar surface area (TPSA) is 60.2 Å². The number of halogens is 2. The molecule has 2 N–H and O–H groups in total. The van der Waals surface area contributed by atoms with Crippen LogP contribution >= 0.6 is 33.3 Å². The molecule has 0 heterocycles. The lowest BCUT2D eigenvalue weighted by atomic mass is 10.3. The van der Waals surface area contributed by atoms with Gasteiger partial charge in [-0.1, -0.05) is 6.07 Å². The lowest BCUT2D eigenvalue weighted by molar-refractivity contribution is 0.610. The monoisotopic (exact) mass is 317 g/mol. The van der Waals surface area contributed by atoms with Gasteiger partial charge in [-0.2, -0.15) is 0 Å². The number of hydrogen-bond donors (Lipinski definition) is 1. The maximum Gasteiger partial charge on any atom is 0.263 e. The Labute approximate surface area is 88.5 Å². The minimum atomic E-state index is -3.71. The van der Waals surface area contributed by atoms with Crippen LogP contribution < -0.4 is 5.73 Å². The maximum absolute atomic E-state index is 10.9. The van der Waals surface area contributed by atoms with Crippen LogP contribution in [0.15, 0.2) is 23.1 Å². The van der Waals surface area contributed by atoms with Gasteiger partial charge in [-0.15, -0.1) is 0 Å². The lowest BCUT2D eigenvalue weighted by Gasteiger charge is -2.02. The summed E-state index contributed by atoms with van der Waals surface area (Å²) >= 11 is 1.94. The van der Waals surface area contributed by atoms with Crippen molar-refractivity contribution in [3.63, 3.8) is 0 Å². The van der Waals surface area contributed by atoms with Crippen LogP contribution in [0, 0.1) is 3.57 Å².